The van der Waals surface area contributed by atoms with Crippen molar-refractivity contribution in [2.24, 2.45) is 0 Å². The number of nitrogens with one attached hydrogen (secondary N) is 1. The van der Waals surface area contributed by atoms with Gasteiger partial charge in [0.2, 0.25) is 0 Å². The van der Waals surface area contributed by atoms with E-state index in [9.17, 15) is 8.42 Å². The molecule has 3 N–H and O–H groups in total. The first kappa shape index (κ1) is 21.4. The third kappa shape index (κ3) is 4.57. The minimum absolute atomic E-state index is 0.126. The fourth-order valence-electron chi connectivity index (χ4n) is 3.22. The quantitative estimate of drug-likeness (QED) is 0.407. The van der Waals surface area contributed by atoms with Crippen molar-refractivity contribution >= 4 is 38.1 Å². The zero-order valence-electron chi connectivity index (χ0n) is 17.6. The Labute approximate surface area is 186 Å². The molecule has 0 aliphatic rings. The summed E-state index contributed by atoms with van der Waals surface area (Å²) in [6.45, 7) is 0. The Hall–Kier alpha value is -3.85. The number of anilines is 3. The van der Waals surface area contributed by atoms with Gasteiger partial charge in [-0.05, 0) is 30.3 Å². The summed E-state index contributed by atoms with van der Waals surface area (Å²) in [5, 5.41) is 3.18. The monoisotopic (exact) mass is 450 g/mol. The fraction of sp³-hybridized carbons (Fsp3) is 0.130. The van der Waals surface area contributed by atoms with Crippen LogP contribution in [-0.2, 0) is 15.6 Å². The Bertz CT molecular complexity index is 1370. The number of nitrogen functional groups attached to an aromatic ring is 1. The average molecular weight is 451 g/mol. The molecular weight excluding hydrogens is 428 g/mol. The van der Waals surface area contributed by atoms with E-state index < -0.39 is 9.84 Å². The van der Waals surface area contributed by atoms with Crippen molar-refractivity contribution in [1.29, 1.82) is 0 Å². The van der Waals surface area contributed by atoms with Gasteiger partial charge in [0.25, 0.3) is 0 Å². The first-order valence-electron chi connectivity index (χ1n) is 9.72. The van der Waals surface area contributed by atoms with E-state index in [0.717, 1.165) is 0 Å². The van der Waals surface area contributed by atoms with Crippen LogP contribution in [0.4, 0.5) is 17.2 Å². The molecule has 0 bridgehead atoms. The van der Waals surface area contributed by atoms with Crippen LogP contribution in [0.1, 0.15) is 5.69 Å². The maximum Gasteiger partial charge on any atom is 0.184 e. The number of rotatable bonds is 7. The van der Waals surface area contributed by atoms with Gasteiger partial charge < -0.3 is 20.5 Å². The first-order valence-corrected chi connectivity index (χ1v) is 11.4. The highest BCUT2D eigenvalue weighted by molar-refractivity contribution is 7.90. The minimum Gasteiger partial charge on any atom is -0.497 e. The van der Waals surface area contributed by atoms with Gasteiger partial charge in [-0.3, -0.25) is 0 Å². The highest BCUT2D eigenvalue weighted by atomic mass is 32.2. The second-order valence-corrected chi connectivity index (χ2v) is 9.06. The number of para-hydroxylation sites is 2. The van der Waals surface area contributed by atoms with Crippen molar-refractivity contribution in [3.8, 4) is 11.5 Å². The Balaban J connectivity index is 1.79. The summed E-state index contributed by atoms with van der Waals surface area (Å²) in [7, 11) is -0.610. The van der Waals surface area contributed by atoms with Gasteiger partial charge in [0, 0.05) is 29.6 Å². The van der Waals surface area contributed by atoms with Crippen molar-refractivity contribution in [1.82, 2.24) is 9.97 Å². The van der Waals surface area contributed by atoms with E-state index in [1.54, 1.807) is 50.6 Å². The average Bonchev–Trinajstić information content (AvgIpc) is 2.79. The topological polar surface area (TPSA) is 116 Å². The van der Waals surface area contributed by atoms with Crippen LogP contribution >= 0.6 is 0 Å². The van der Waals surface area contributed by atoms with E-state index in [-0.39, 0.29) is 16.3 Å². The molecule has 4 rings (SSSR count). The zero-order chi connectivity index (χ0) is 22.7. The maximum absolute atomic E-state index is 13.1. The Morgan fingerprint density at radius 3 is 2.16 bits per heavy atom. The van der Waals surface area contributed by atoms with Crippen molar-refractivity contribution in [3.63, 3.8) is 0 Å². The van der Waals surface area contributed by atoms with Crippen LogP contribution < -0.4 is 20.5 Å². The lowest BCUT2D eigenvalue weighted by molar-refractivity contribution is 0.395. The third-order valence-corrected chi connectivity index (χ3v) is 6.43. The Morgan fingerprint density at radius 1 is 0.875 bits per heavy atom. The number of benzene rings is 3. The van der Waals surface area contributed by atoms with Crippen LogP contribution in [0.5, 0.6) is 11.5 Å². The van der Waals surface area contributed by atoms with Crippen LogP contribution in [0.2, 0.25) is 0 Å². The van der Waals surface area contributed by atoms with Gasteiger partial charge in [0.05, 0.1) is 35.8 Å². The second-order valence-electron chi connectivity index (χ2n) is 7.07. The molecule has 1 heterocycles. The van der Waals surface area contributed by atoms with E-state index >= 15 is 0 Å². The predicted octanol–water partition coefficient (Wildman–Crippen LogP) is 3.95. The largest absolute Gasteiger partial charge is 0.497 e. The molecule has 1 aromatic heterocycles. The van der Waals surface area contributed by atoms with Crippen molar-refractivity contribution in [2.75, 3.05) is 25.3 Å². The number of sulfone groups is 1. The molecule has 0 aliphatic carbocycles. The third-order valence-electron chi connectivity index (χ3n) is 4.80. The molecule has 32 heavy (non-hydrogen) atoms. The minimum atomic E-state index is -3.72. The molecule has 0 fully saturated rings. The molecule has 0 atom stereocenters. The SMILES string of the molecule is COc1cc(Nc2nc3ccccc3nc2CS(=O)(=O)c2cccc(N)c2)cc(OC)c1. The number of ether oxygens (including phenoxy) is 2. The molecule has 0 amide bonds. The van der Waals surface area contributed by atoms with E-state index in [1.165, 1.54) is 12.1 Å². The van der Waals surface area contributed by atoms with Crippen LogP contribution in [-0.4, -0.2) is 32.6 Å². The smallest absolute Gasteiger partial charge is 0.184 e. The molecule has 4 aromatic rings. The van der Waals surface area contributed by atoms with Crippen molar-refractivity contribution < 1.29 is 17.9 Å². The summed E-state index contributed by atoms with van der Waals surface area (Å²) in [6.07, 6.45) is 0. The molecule has 0 spiro atoms. The summed E-state index contributed by atoms with van der Waals surface area (Å²) >= 11 is 0. The van der Waals surface area contributed by atoms with E-state index in [1.807, 2.05) is 18.2 Å². The summed E-state index contributed by atoms with van der Waals surface area (Å²) in [4.78, 5) is 9.35. The van der Waals surface area contributed by atoms with Gasteiger partial charge >= 0.3 is 0 Å². The number of hydrogen-bond acceptors (Lipinski definition) is 8. The summed E-state index contributed by atoms with van der Waals surface area (Å²) in [5.41, 5.74) is 8.29. The standard InChI is InChI=1S/C23H22N4O4S/c1-30-17-11-16(12-18(13-17)31-2)25-23-22(26-20-8-3-4-9-21(20)27-23)14-32(28,29)19-7-5-6-15(24)10-19/h3-13H,14,24H2,1-2H3,(H,25,27). The van der Waals surface area contributed by atoms with Crippen molar-refractivity contribution in [3.05, 3.63) is 72.4 Å². The lowest BCUT2D eigenvalue weighted by Crippen LogP contribution is -2.11. The Kier molecular flexibility index (Phi) is 5.83. The molecule has 0 radical (unpaired) electrons. The lowest BCUT2D eigenvalue weighted by atomic mass is 10.2. The summed E-state index contributed by atoms with van der Waals surface area (Å²) < 4.78 is 36.9. The summed E-state index contributed by atoms with van der Waals surface area (Å²) in [6, 6.07) is 18.7. The second kappa shape index (κ2) is 8.72. The fourth-order valence-corrected chi connectivity index (χ4v) is 4.55. The number of nitrogens with zero attached hydrogens (tertiary/aromatic N) is 2. The van der Waals surface area contributed by atoms with Crippen molar-refractivity contribution in [2.45, 2.75) is 10.6 Å². The van der Waals surface area contributed by atoms with Gasteiger partial charge in [-0.15, -0.1) is 0 Å². The molecule has 0 aliphatic heterocycles. The van der Waals surface area contributed by atoms with Gasteiger partial charge in [0.15, 0.2) is 15.7 Å². The van der Waals surface area contributed by atoms with E-state index in [4.69, 9.17) is 15.2 Å². The highest BCUT2D eigenvalue weighted by Gasteiger charge is 2.21. The van der Waals surface area contributed by atoms with E-state index in [0.29, 0.717) is 39.7 Å². The van der Waals surface area contributed by atoms with Gasteiger partial charge in [0.1, 0.15) is 17.3 Å². The molecule has 8 nitrogen and oxygen atoms in total. The lowest BCUT2D eigenvalue weighted by Gasteiger charge is -2.14. The van der Waals surface area contributed by atoms with Crippen LogP contribution in [0.3, 0.4) is 0 Å². The van der Waals surface area contributed by atoms with E-state index in [2.05, 4.69) is 15.3 Å². The molecular formula is C23H22N4O4S. The molecule has 0 saturated heterocycles. The normalized spacial score (nSPS) is 11.3. The number of fused-ring (bicyclic) bond motifs is 1. The van der Waals surface area contributed by atoms with Gasteiger partial charge in [-0.2, -0.15) is 0 Å². The highest BCUT2D eigenvalue weighted by Crippen LogP contribution is 2.30. The maximum atomic E-state index is 13.1. The van der Waals surface area contributed by atoms with Gasteiger partial charge in [-0.1, -0.05) is 18.2 Å². The van der Waals surface area contributed by atoms with Crippen LogP contribution in [0.15, 0.2) is 71.6 Å². The molecule has 164 valence electrons. The summed E-state index contributed by atoms with van der Waals surface area (Å²) in [5.74, 6) is 1.13. The molecule has 3 aromatic carbocycles. The molecule has 0 unspecified atom stereocenters. The number of hydrogen-bond donors (Lipinski definition) is 2. The molecule has 0 saturated carbocycles. The van der Waals surface area contributed by atoms with Gasteiger partial charge in [-0.25, -0.2) is 18.4 Å². The Morgan fingerprint density at radius 2 is 1.53 bits per heavy atom. The number of nitrogens with two attached hydrogens (primary N) is 1. The first-order chi connectivity index (χ1) is 15.4. The number of methoxy groups -OCH3 is 2. The zero-order valence-corrected chi connectivity index (χ0v) is 18.4. The van der Waals surface area contributed by atoms with Crippen LogP contribution in [0, 0.1) is 0 Å². The predicted molar refractivity (Wildman–Crippen MR) is 124 cm³/mol. The molecule has 9 heteroatoms. The number of aromatic nitrogens is 2. The van der Waals surface area contributed by atoms with Crippen LogP contribution in [0.25, 0.3) is 11.0 Å².